The van der Waals surface area contributed by atoms with Gasteiger partial charge in [0.05, 0.1) is 19.8 Å². The van der Waals surface area contributed by atoms with Gasteiger partial charge in [0.25, 0.3) is 0 Å². The van der Waals surface area contributed by atoms with E-state index in [1.54, 1.807) is 4.90 Å². The number of nitrogens with zero attached hydrogens (tertiary/aromatic N) is 1. The van der Waals surface area contributed by atoms with Crippen LogP contribution in [0.5, 0.6) is 0 Å². The highest BCUT2D eigenvalue weighted by Crippen LogP contribution is 2.13. The van der Waals surface area contributed by atoms with Gasteiger partial charge in [-0.25, -0.2) is 4.79 Å². The van der Waals surface area contributed by atoms with Crippen molar-refractivity contribution in [3.05, 3.63) is 24.3 Å². The molecule has 10 nitrogen and oxygen atoms in total. The van der Waals surface area contributed by atoms with E-state index >= 15 is 0 Å². The van der Waals surface area contributed by atoms with Gasteiger partial charge >= 0.3 is 18.0 Å². The highest BCUT2D eigenvalue weighted by molar-refractivity contribution is 5.70. The molecule has 0 aliphatic rings. The fraction of sp³-hybridized carbons (Fsp3) is 0.848. The first-order valence-electron chi connectivity index (χ1n) is 23.0. The first-order chi connectivity index (χ1) is 27.5. The maximum absolute atomic E-state index is 12.7. The zero-order chi connectivity index (χ0) is 41.0. The summed E-state index contributed by atoms with van der Waals surface area (Å²) in [6.07, 6.45) is 39.0. The molecule has 0 fully saturated rings. The summed E-state index contributed by atoms with van der Waals surface area (Å²) in [5.41, 5.74) is 0. The second-order valence-electron chi connectivity index (χ2n) is 15.3. The first kappa shape index (κ1) is 53.6. The van der Waals surface area contributed by atoms with Gasteiger partial charge in [-0.1, -0.05) is 141 Å². The lowest BCUT2D eigenvalue weighted by Crippen LogP contribution is -2.39. The van der Waals surface area contributed by atoms with E-state index < -0.39 is 12.2 Å². The number of carbonyl (C=O) groups excluding carboxylic acids is 3. The largest absolute Gasteiger partial charge is 0.462 e. The Hall–Kier alpha value is -2.43. The Balaban J connectivity index is 4.41. The number of amides is 1. The zero-order valence-electron chi connectivity index (χ0n) is 36.1. The molecule has 0 saturated heterocycles. The van der Waals surface area contributed by atoms with Gasteiger partial charge in [0.2, 0.25) is 0 Å². The molecular weight excluding hydrogens is 709 g/mol. The number of alkyl carbamates (subject to hydrolysis) is 1. The van der Waals surface area contributed by atoms with Gasteiger partial charge in [-0.3, -0.25) is 14.5 Å². The van der Waals surface area contributed by atoms with E-state index in [9.17, 15) is 14.4 Å². The lowest BCUT2D eigenvalue weighted by atomic mass is 10.1. The van der Waals surface area contributed by atoms with Crippen molar-refractivity contribution in [1.82, 2.24) is 10.2 Å². The number of esters is 2. The summed E-state index contributed by atoms with van der Waals surface area (Å²) < 4.78 is 16.4. The molecule has 0 spiro atoms. The molecule has 56 heavy (non-hydrogen) atoms. The molecule has 0 aromatic rings. The molecule has 1 atom stereocenters. The van der Waals surface area contributed by atoms with Crippen LogP contribution in [0, 0.1) is 0 Å². The van der Waals surface area contributed by atoms with Gasteiger partial charge < -0.3 is 29.7 Å². The number of aliphatic hydroxyl groups excluding tert-OH is 2. The quantitative estimate of drug-likeness (QED) is 0.0239. The minimum absolute atomic E-state index is 0.0470. The van der Waals surface area contributed by atoms with Gasteiger partial charge in [-0.05, 0) is 64.2 Å². The predicted octanol–water partition coefficient (Wildman–Crippen LogP) is 10.5. The van der Waals surface area contributed by atoms with Crippen molar-refractivity contribution in [3.63, 3.8) is 0 Å². The van der Waals surface area contributed by atoms with Crippen LogP contribution < -0.4 is 5.32 Å². The molecule has 328 valence electrons. The Kier molecular flexibility index (Phi) is 41.8. The Morgan fingerprint density at radius 1 is 0.536 bits per heavy atom. The predicted molar refractivity (Wildman–Crippen MR) is 230 cm³/mol. The Morgan fingerprint density at radius 2 is 0.946 bits per heavy atom. The van der Waals surface area contributed by atoms with Gasteiger partial charge in [0.1, 0.15) is 13.2 Å². The molecule has 0 aliphatic heterocycles. The molecule has 0 aromatic carbocycles. The van der Waals surface area contributed by atoms with Crippen molar-refractivity contribution in [1.29, 1.82) is 0 Å². The number of ether oxygens (including phenoxy) is 3. The Morgan fingerprint density at radius 3 is 1.39 bits per heavy atom. The fourth-order valence-corrected chi connectivity index (χ4v) is 6.45. The van der Waals surface area contributed by atoms with Crippen LogP contribution in [-0.2, 0) is 23.8 Å². The number of aliphatic hydroxyl groups is 2. The molecule has 1 unspecified atom stereocenters. The Labute approximate surface area is 343 Å². The van der Waals surface area contributed by atoms with Crippen molar-refractivity contribution >= 4 is 18.0 Å². The van der Waals surface area contributed by atoms with E-state index in [0.29, 0.717) is 26.1 Å². The lowest BCUT2D eigenvalue weighted by Gasteiger charge is -2.21. The molecule has 1 amide bonds. The number of hydrogen-bond acceptors (Lipinski definition) is 9. The molecular formula is C46H86N2O8. The number of hydrogen-bond donors (Lipinski definition) is 3. The van der Waals surface area contributed by atoms with Crippen LogP contribution in [0.1, 0.15) is 194 Å². The zero-order valence-corrected chi connectivity index (χ0v) is 36.1. The topological polar surface area (TPSA) is 135 Å². The van der Waals surface area contributed by atoms with Gasteiger partial charge in [0.15, 0.2) is 6.10 Å². The van der Waals surface area contributed by atoms with Crippen molar-refractivity contribution in [2.75, 3.05) is 52.6 Å². The van der Waals surface area contributed by atoms with E-state index in [2.05, 4.69) is 43.5 Å². The normalized spacial score (nSPS) is 12.2. The van der Waals surface area contributed by atoms with Crippen LogP contribution in [0.2, 0.25) is 0 Å². The summed E-state index contributed by atoms with van der Waals surface area (Å²) in [7, 11) is 0. The number of unbranched alkanes of at least 4 members (excludes halogenated alkanes) is 22. The summed E-state index contributed by atoms with van der Waals surface area (Å²) in [6, 6.07) is 0. The van der Waals surface area contributed by atoms with Crippen LogP contribution in [0.4, 0.5) is 4.79 Å². The smallest absolute Gasteiger partial charge is 0.407 e. The van der Waals surface area contributed by atoms with E-state index in [1.165, 1.54) is 96.3 Å². The van der Waals surface area contributed by atoms with Crippen LogP contribution >= 0.6 is 0 Å². The SMILES string of the molecule is CCCCCCCC/C=C\CCCCCCCC(=O)OCC(CNC(=O)OCCN(CCO)CCO)OC(=O)CCCCCCC/C=C\CCCCCCCC. The standard InChI is InChI=1S/C46H86N2O8/c1-3-5-7-9-11-13-15-17-19-21-23-25-27-29-31-33-44(51)55-42-43(41-47-46(53)54-40-37-48(35-38-49)36-39-50)56-45(52)34-32-30-28-26-24-22-20-18-16-14-12-10-8-6-4-2/h17-20,43,49-50H,3-16,21-42H2,1-2H3,(H,47,53)/b19-17-,20-18-. The molecule has 0 rings (SSSR count). The maximum Gasteiger partial charge on any atom is 0.407 e. The summed E-state index contributed by atoms with van der Waals surface area (Å²) in [5.74, 6) is -0.712. The fourth-order valence-electron chi connectivity index (χ4n) is 6.45. The van der Waals surface area contributed by atoms with Crippen molar-refractivity contribution in [2.45, 2.75) is 200 Å². The summed E-state index contributed by atoms with van der Waals surface area (Å²) >= 11 is 0. The molecule has 3 N–H and O–H groups in total. The minimum Gasteiger partial charge on any atom is -0.462 e. The highest BCUT2D eigenvalue weighted by atomic mass is 16.6. The summed E-state index contributed by atoms with van der Waals surface area (Å²) in [6.45, 7) is 5.34. The molecule has 0 aromatic heterocycles. The monoisotopic (exact) mass is 795 g/mol. The number of allylic oxidation sites excluding steroid dienone is 4. The summed E-state index contributed by atoms with van der Waals surface area (Å²) in [4.78, 5) is 39.4. The van der Waals surface area contributed by atoms with Crippen molar-refractivity contribution in [2.24, 2.45) is 0 Å². The van der Waals surface area contributed by atoms with Crippen molar-refractivity contribution < 1.29 is 38.8 Å². The van der Waals surface area contributed by atoms with Gasteiger partial charge in [0, 0.05) is 32.5 Å². The average molecular weight is 795 g/mol. The molecule has 0 radical (unpaired) electrons. The van der Waals surface area contributed by atoms with E-state index in [1.807, 2.05) is 0 Å². The third kappa shape index (κ3) is 39.8. The van der Waals surface area contributed by atoms with Gasteiger partial charge in [-0.15, -0.1) is 0 Å². The van der Waals surface area contributed by atoms with Crippen LogP contribution in [0.25, 0.3) is 0 Å². The molecule has 0 saturated carbocycles. The van der Waals surface area contributed by atoms with E-state index in [-0.39, 0.29) is 51.3 Å². The van der Waals surface area contributed by atoms with Gasteiger partial charge in [-0.2, -0.15) is 0 Å². The molecule has 0 heterocycles. The first-order valence-corrected chi connectivity index (χ1v) is 23.0. The summed E-state index contributed by atoms with van der Waals surface area (Å²) in [5, 5.41) is 20.9. The third-order valence-corrected chi connectivity index (χ3v) is 9.96. The third-order valence-electron chi connectivity index (χ3n) is 9.96. The number of rotatable bonds is 42. The number of nitrogens with one attached hydrogen (secondary N) is 1. The van der Waals surface area contributed by atoms with Crippen LogP contribution in [-0.4, -0.2) is 91.9 Å². The van der Waals surface area contributed by atoms with Crippen molar-refractivity contribution in [3.8, 4) is 0 Å². The Bertz CT molecular complexity index is 938. The second kappa shape index (κ2) is 43.7. The van der Waals surface area contributed by atoms with E-state index in [0.717, 1.165) is 70.6 Å². The lowest BCUT2D eigenvalue weighted by molar-refractivity contribution is -0.158. The van der Waals surface area contributed by atoms with Crippen LogP contribution in [0.3, 0.4) is 0 Å². The second-order valence-corrected chi connectivity index (χ2v) is 15.3. The van der Waals surface area contributed by atoms with E-state index in [4.69, 9.17) is 24.4 Å². The minimum atomic E-state index is -0.823. The average Bonchev–Trinajstić information content (AvgIpc) is 3.19. The molecule has 0 bridgehead atoms. The number of carbonyl (C=O) groups is 3. The molecule has 10 heteroatoms. The molecule has 0 aliphatic carbocycles. The maximum atomic E-state index is 12.7. The van der Waals surface area contributed by atoms with Crippen LogP contribution in [0.15, 0.2) is 24.3 Å². The highest BCUT2D eigenvalue weighted by Gasteiger charge is 2.19.